The van der Waals surface area contributed by atoms with Crippen molar-refractivity contribution in [2.24, 2.45) is 0 Å². The molecule has 0 spiro atoms. The van der Waals surface area contributed by atoms with Gasteiger partial charge in [-0.2, -0.15) is 0 Å². The molecule has 7 aromatic rings. The average molecular weight is 1860 g/mol. The molecule has 3 saturated heterocycles. The largest absolute Gasteiger partial charge is 0.481 e. The topological polar surface area (TPSA) is 595 Å². The molecule has 5 aliphatic rings. The first-order chi connectivity index (χ1) is 63.6. The number of aliphatic carboxylic acids is 1. The second kappa shape index (κ2) is 42.2. The lowest BCUT2D eigenvalue weighted by atomic mass is 9.96. The molecule has 43 nitrogen and oxygen atoms in total. The first-order valence-electron chi connectivity index (χ1n) is 41.3. The summed E-state index contributed by atoms with van der Waals surface area (Å²) in [6, 6.07) is 30.7. The Morgan fingerprint density at radius 2 is 0.537 bits per heavy atom. The van der Waals surface area contributed by atoms with E-state index in [1.807, 2.05) is 0 Å². The molecule has 5 aliphatic heterocycles. The number of benzene rings is 4. The van der Waals surface area contributed by atoms with Gasteiger partial charge in [0, 0.05) is 163 Å². The minimum atomic E-state index is -1.98. The van der Waals surface area contributed by atoms with Crippen LogP contribution in [0.1, 0.15) is 137 Å². The second-order valence-corrected chi connectivity index (χ2v) is 30.9. The van der Waals surface area contributed by atoms with Crippen LogP contribution in [0.25, 0.3) is 78.7 Å². The highest BCUT2D eigenvalue weighted by Crippen LogP contribution is 2.46. The Morgan fingerprint density at radius 1 is 0.299 bits per heavy atom. The number of aliphatic hydroxyl groups excluding tert-OH is 2. The lowest BCUT2D eigenvalue weighted by Gasteiger charge is -2.43. The van der Waals surface area contributed by atoms with Gasteiger partial charge in [0.05, 0.1) is 22.8 Å². The van der Waals surface area contributed by atoms with Gasteiger partial charge in [-0.05, 0) is 114 Å². The molecule has 4 aromatic carbocycles. The van der Waals surface area contributed by atoms with Crippen molar-refractivity contribution in [3.8, 4) is 44.5 Å². The molecule has 0 aliphatic carbocycles. The van der Waals surface area contributed by atoms with Crippen molar-refractivity contribution in [3.05, 3.63) is 144 Å². The molecule has 3 fully saturated rings. The summed E-state index contributed by atoms with van der Waals surface area (Å²) in [7, 11) is 0. The smallest absolute Gasteiger partial charge is 0.305 e. The fourth-order valence-corrected chi connectivity index (χ4v) is 15.6. The van der Waals surface area contributed by atoms with Crippen LogP contribution < -0.4 is 21.3 Å². The number of rotatable bonds is 27. The number of carboxylic acids is 1. The number of hydrogen-bond donors (Lipinski definition) is 9. The van der Waals surface area contributed by atoms with Gasteiger partial charge in [-0.25, -0.2) is 4.98 Å². The molecular weight excluding hydrogens is 1770 g/mol. The van der Waals surface area contributed by atoms with Gasteiger partial charge in [-0.1, -0.05) is 48.5 Å². The van der Waals surface area contributed by atoms with Crippen LogP contribution in [-0.4, -0.2) is 229 Å². The van der Waals surface area contributed by atoms with E-state index >= 15 is 0 Å². The predicted molar refractivity (Wildman–Crippen MR) is 459 cm³/mol. The van der Waals surface area contributed by atoms with Crippen LogP contribution in [0.15, 0.2) is 121 Å². The molecular formula is C91H90N8O35. The summed E-state index contributed by atoms with van der Waals surface area (Å²) in [5, 5.41) is 46.0. The first-order valence-corrected chi connectivity index (χ1v) is 41.3. The summed E-state index contributed by atoms with van der Waals surface area (Å²) >= 11 is 0. The molecule has 704 valence electrons. The number of nitrogens with zero attached hydrogens (tertiary/aromatic N) is 2. The summed E-state index contributed by atoms with van der Waals surface area (Å²) in [5.74, 6) is -16.7. The fourth-order valence-electron chi connectivity index (χ4n) is 15.6. The molecule has 0 radical (unpaired) electrons. The van der Waals surface area contributed by atoms with Crippen LogP contribution in [0.2, 0.25) is 0 Å². The monoisotopic (exact) mass is 1850 g/mol. The Hall–Kier alpha value is -15.5. The number of carbonyl (C=O) groups excluding carboxylic acids is 16. The standard InChI is InChI=1S/C91H90N8O35/c1-38(100)120-74-77(123-41(4)103)83(126-44(7)106)89(129-47(10)109)132-80(74)86(117)93-55-26-18-51(19-27-55)67-59-33-32-58(96-59)66(50-16-24-54(25-17-50)92-64(112)14-13-15-65(113)114)60-34-36-62(97-60)68(52-20-28-56(29-21-52)94-87(118)81-75(121-39(2)101)78(124-42(5)104)84(127-45(8)107)90(133-81)130-48(11)110)70-72(115)73(116)71(99-70)69(63-37-35-61(67)98-63)53-22-30-57(31-23-53)95-88(119)82-76(122-40(3)102)79(125-43(6)105)85(128-46(9)108)91(134-82)131-49(12)111/h16-37,72-85,89-91,97-98,115-116H,13-15H2,1-12H3,(H,92,112)(H,93,117)(H,94,118)(H,95,119)(H,113,114)/t72-,73+,74+,75+,76+,77+,78+,79+,80+,81+,82+,83-,84-,85-,89+,90+,91+/m1/s1. The third-order valence-corrected chi connectivity index (χ3v) is 20.6. The van der Waals surface area contributed by atoms with Crippen molar-refractivity contribution in [3.63, 3.8) is 0 Å². The van der Waals surface area contributed by atoms with Crippen LogP contribution in [0, 0.1) is 0 Å². The van der Waals surface area contributed by atoms with E-state index in [1.54, 1.807) is 72.8 Å². The quantitative estimate of drug-likeness (QED) is 0.0182. The van der Waals surface area contributed by atoms with Crippen LogP contribution in [-0.2, 0) is 153 Å². The normalized spacial score (nSPS) is 22.7. The Kier molecular flexibility index (Phi) is 30.7. The molecule has 4 amide bonds. The highest BCUT2D eigenvalue weighted by molar-refractivity contribution is 6.02. The van der Waals surface area contributed by atoms with Crippen molar-refractivity contribution in [2.75, 3.05) is 21.3 Å². The van der Waals surface area contributed by atoms with Crippen LogP contribution in [0.4, 0.5) is 22.7 Å². The zero-order valence-electron chi connectivity index (χ0n) is 73.4. The number of hydrogen-bond acceptors (Lipinski definition) is 36. The van der Waals surface area contributed by atoms with Crippen LogP contribution in [0.3, 0.4) is 0 Å². The number of anilines is 4. The van der Waals surface area contributed by atoms with Crippen molar-refractivity contribution in [2.45, 2.75) is 207 Å². The number of ether oxygens (including phenoxy) is 15. The molecule has 17 atom stereocenters. The van der Waals surface area contributed by atoms with E-state index in [-0.39, 0.29) is 97.9 Å². The van der Waals surface area contributed by atoms with Gasteiger partial charge in [0.15, 0.2) is 54.9 Å². The number of esters is 12. The number of fused-ring (bicyclic) bond motifs is 8. The van der Waals surface area contributed by atoms with Gasteiger partial charge in [0.2, 0.25) is 43.1 Å². The van der Waals surface area contributed by atoms with Gasteiger partial charge < -0.3 is 118 Å². The van der Waals surface area contributed by atoms with E-state index in [4.69, 9.17) is 81.0 Å². The molecule has 8 heterocycles. The number of amides is 4. The second-order valence-electron chi connectivity index (χ2n) is 30.9. The average Bonchev–Trinajstić information content (AvgIpc) is 1.61. The maximum Gasteiger partial charge on any atom is 0.305 e. The van der Waals surface area contributed by atoms with Gasteiger partial charge >= 0.3 is 77.6 Å². The zero-order chi connectivity index (χ0) is 97.1. The molecule has 43 heteroatoms. The number of carbonyl (C=O) groups is 17. The molecule has 9 N–H and O–H groups in total. The van der Waals surface area contributed by atoms with Crippen molar-refractivity contribution >= 4 is 158 Å². The predicted octanol–water partition coefficient (Wildman–Crippen LogP) is 7.18. The van der Waals surface area contributed by atoms with Gasteiger partial charge in [-0.15, -0.1) is 0 Å². The summed E-state index contributed by atoms with van der Waals surface area (Å²) in [4.78, 5) is 238. The van der Waals surface area contributed by atoms with Crippen LogP contribution in [0.5, 0.6) is 0 Å². The van der Waals surface area contributed by atoms with Crippen molar-refractivity contribution < 1.29 is 168 Å². The SMILES string of the molecule is CC(=O)O[C@H]1O[C@H](C(=O)Nc2ccc(-c3c4nc(c(-c5ccc(NC(=O)CCCC(=O)O)cc5)c5ccc([nH]5)c(-c5ccc(NC(=O)[C@H]6O[C@H](OC(C)=O)[C@H](OC(C)=O)[C@@H](OC(C)=O)[C@@H]6OC(C)=O)cc5)c5nc(c(-c6ccc(NC(=O)[C@H]7O[C@H](OC(C)=O)[C@H](OC(C)=O)[C@@H](OC(C)=O)[C@@H]7OC(C)=O)cc6)c6ccc3[nH]6)[C@H](O)[C@@H]5O)C=C4)cc2)[C@@H](OC(C)=O)[C@H](OC(C)=O)[C@H]1OC(C)=O. The van der Waals surface area contributed by atoms with Crippen molar-refractivity contribution in [1.29, 1.82) is 0 Å². The Morgan fingerprint density at radius 3 is 0.799 bits per heavy atom. The van der Waals surface area contributed by atoms with E-state index in [0.717, 1.165) is 83.1 Å². The zero-order valence-corrected chi connectivity index (χ0v) is 73.4. The maximum absolute atomic E-state index is 14.8. The number of nitrogens with one attached hydrogen (secondary N) is 6. The van der Waals surface area contributed by atoms with Gasteiger partial charge in [0.1, 0.15) is 12.2 Å². The van der Waals surface area contributed by atoms with Crippen LogP contribution >= 0.6 is 0 Å². The molecule has 0 unspecified atom stereocenters. The number of H-pyrrole nitrogens is 2. The number of aromatic amines is 2. The summed E-state index contributed by atoms with van der Waals surface area (Å²) in [6.45, 7) is 11.8. The minimum absolute atomic E-state index is 0.000625. The van der Waals surface area contributed by atoms with E-state index in [9.17, 15) is 96.8 Å². The van der Waals surface area contributed by atoms with E-state index in [0.29, 0.717) is 33.5 Å². The third-order valence-electron chi connectivity index (χ3n) is 20.6. The van der Waals surface area contributed by atoms with Gasteiger partial charge in [0.25, 0.3) is 17.7 Å². The van der Waals surface area contributed by atoms with Gasteiger partial charge in [-0.3, -0.25) is 86.5 Å². The fraction of sp³-hybridized carbons (Fsp3) is 0.352. The maximum atomic E-state index is 14.8. The molecule has 0 saturated carbocycles. The van der Waals surface area contributed by atoms with E-state index in [2.05, 4.69) is 31.2 Å². The van der Waals surface area contributed by atoms with E-state index in [1.165, 1.54) is 60.7 Å². The molecule has 8 bridgehead atoms. The lowest BCUT2D eigenvalue weighted by molar-refractivity contribution is -0.289. The lowest BCUT2D eigenvalue weighted by Crippen LogP contribution is -2.64. The molecule has 3 aromatic heterocycles. The number of aromatic nitrogens is 4. The van der Waals surface area contributed by atoms with Crippen molar-refractivity contribution in [1.82, 2.24) is 19.9 Å². The Labute approximate surface area is 759 Å². The summed E-state index contributed by atoms with van der Waals surface area (Å²) in [6.07, 6.45) is -28.8. The highest BCUT2D eigenvalue weighted by Gasteiger charge is 2.59. The van der Waals surface area contributed by atoms with E-state index < -0.39 is 206 Å². The Bertz CT molecular complexity index is 6030. The first kappa shape index (κ1) is 97.6. The highest BCUT2D eigenvalue weighted by atomic mass is 16.8. The molecule has 12 rings (SSSR count). The molecule has 134 heavy (non-hydrogen) atoms. The minimum Gasteiger partial charge on any atom is -0.481 e. The summed E-state index contributed by atoms with van der Waals surface area (Å²) in [5.41, 5.74) is 3.56. The Balaban J connectivity index is 1.05. The summed E-state index contributed by atoms with van der Waals surface area (Å²) < 4.78 is 83.1. The number of aliphatic hydroxyl groups is 2. The third kappa shape index (κ3) is 23.5. The number of carboxylic acid groups (broad SMARTS) is 1.